The van der Waals surface area contributed by atoms with E-state index in [0.717, 1.165) is 19.6 Å². The predicted molar refractivity (Wildman–Crippen MR) is 127 cm³/mol. The molecule has 0 spiro atoms. The van der Waals surface area contributed by atoms with Gasteiger partial charge >= 0.3 is 0 Å². The third-order valence-corrected chi connectivity index (χ3v) is 6.13. The van der Waals surface area contributed by atoms with Crippen molar-refractivity contribution in [1.29, 1.82) is 0 Å². The Kier molecular flexibility index (Phi) is 7.19. The van der Waals surface area contributed by atoms with Crippen LogP contribution < -0.4 is 9.64 Å². The van der Waals surface area contributed by atoms with E-state index in [1.54, 1.807) is 25.2 Å². The zero-order chi connectivity index (χ0) is 23.2. The topological polar surface area (TPSA) is 70.2 Å². The zero-order valence-electron chi connectivity index (χ0n) is 18.9. The van der Waals surface area contributed by atoms with Crippen LogP contribution in [0.15, 0.2) is 54.6 Å². The molecule has 33 heavy (non-hydrogen) atoms. The molecule has 1 fully saturated rings. The lowest BCUT2D eigenvalue weighted by atomic mass is 10.0. The molecule has 2 aliphatic heterocycles. The molecule has 2 heterocycles. The van der Waals surface area contributed by atoms with E-state index >= 15 is 0 Å². The number of piperazine rings is 1. The normalized spacial score (nSPS) is 16.6. The molecule has 0 radical (unpaired) electrons. The summed E-state index contributed by atoms with van der Waals surface area (Å²) >= 11 is 0. The number of carbonyl (C=O) groups is 3. The zero-order valence-corrected chi connectivity index (χ0v) is 18.9. The quantitative estimate of drug-likeness (QED) is 0.611. The maximum Gasteiger partial charge on any atom is 0.264 e. The maximum atomic E-state index is 12.7. The highest BCUT2D eigenvalue weighted by Gasteiger charge is 2.24. The second-order valence-corrected chi connectivity index (χ2v) is 8.34. The number of ketones is 1. The van der Waals surface area contributed by atoms with Gasteiger partial charge in [-0.3, -0.25) is 19.3 Å². The first-order chi connectivity index (χ1) is 16.0. The number of fused-ring (bicyclic) bond motifs is 1. The van der Waals surface area contributed by atoms with Gasteiger partial charge in [0.1, 0.15) is 5.75 Å². The number of Topliss-reactive ketones (excluding diaryl/α,β-unsaturated/α-hetero) is 1. The van der Waals surface area contributed by atoms with Crippen molar-refractivity contribution in [2.75, 3.05) is 51.3 Å². The number of benzene rings is 2. The molecule has 0 atom stereocenters. The molecule has 2 aromatic rings. The molecule has 0 aromatic heterocycles. The lowest BCUT2D eigenvalue weighted by molar-refractivity contribution is -0.132. The lowest BCUT2D eigenvalue weighted by Gasteiger charge is -2.34. The second kappa shape index (κ2) is 10.4. The van der Waals surface area contributed by atoms with Gasteiger partial charge in [0.15, 0.2) is 12.4 Å². The van der Waals surface area contributed by atoms with Crippen molar-refractivity contribution >= 4 is 29.4 Å². The number of nitrogens with zero attached hydrogens (tertiary/aromatic N) is 3. The summed E-state index contributed by atoms with van der Waals surface area (Å²) in [7, 11) is 1.67. The summed E-state index contributed by atoms with van der Waals surface area (Å²) < 4.78 is 5.40. The Labute approximate surface area is 194 Å². The van der Waals surface area contributed by atoms with Crippen LogP contribution in [0.5, 0.6) is 5.75 Å². The number of anilines is 1. The van der Waals surface area contributed by atoms with E-state index in [1.165, 1.54) is 10.5 Å². The average Bonchev–Trinajstić information content (AvgIpc) is 2.85. The van der Waals surface area contributed by atoms with Gasteiger partial charge in [-0.25, -0.2) is 0 Å². The van der Waals surface area contributed by atoms with E-state index in [2.05, 4.69) is 29.2 Å². The largest absolute Gasteiger partial charge is 0.482 e. The fourth-order valence-electron chi connectivity index (χ4n) is 4.05. The third kappa shape index (κ3) is 5.68. The van der Waals surface area contributed by atoms with E-state index in [-0.39, 0.29) is 37.0 Å². The van der Waals surface area contributed by atoms with Crippen LogP contribution in [0.25, 0.3) is 6.08 Å². The Bertz CT molecular complexity index is 1040. The number of rotatable bonds is 7. The summed E-state index contributed by atoms with van der Waals surface area (Å²) in [6.07, 6.45) is 4.61. The fraction of sp³-hybridized carbons (Fsp3) is 0.346. The van der Waals surface area contributed by atoms with Crippen molar-refractivity contribution in [2.45, 2.75) is 12.8 Å². The van der Waals surface area contributed by atoms with Crippen molar-refractivity contribution in [3.8, 4) is 5.75 Å². The number of hydrogen-bond donors (Lipinski definition) is 0. The number of likely N-dealkylation sites (N-methyl/N-ethyl adjacent to an activating group) is 1. The molecule has 0 aliphatic carbocycles. The average molecular weight is 448 g/mol. The number of amides is 2. The molecule has 7 heteroatoms. The number of carbonyl (C=O) groups excluding carboxylic acids is 3. The predicted octanol–water partition coefficient (Wildman–Crippen LogP) is 2.86. The van der Waals surface area contributed by atoms with Gasteiger partial charge < -0.3 is 14.5 Å². The van der Waals surface area contributed by atoms with E-state index in [9.17, 15) is 14.4 Å². The standard InChI is InChI=1S/C26H29N3O4/c1-27-22-18-21(9-11-24(22)33-19-26(27)32)23(30)10-12-25(31)29-16-14-28(15-17-29)13-5-8-20-6-3-2-4-7-20/h2-9,11,18H,10,12-17,19H2,1H3/b8-5+. The van der Waals surface area contributed by atoms with Crippen LogP contribution in [-0.2, 0) is 9.59 Å². The molecule has 172 valence electrons. The second-order valence-electron chi connectivity index (χ2n) is 8.34. The minimum absolute atomic E-state index is 0.00186. The first-order valence-corrected chi connectivity index (χ1v) is 11.3. The van der Waals surface area contributed by atoms with Crippen LogP contribution in [0.2, 0.25) is 0 Å². The van der Waals surface area contributed by atoms with Crippen LogP contribution in [0, 0.1) is 0 Å². The lowest BCUT2D eigenvalue weighted by Crippen LogP contribution is -2.48. The Morgan fingerprint density at radius 1 is 1.00 bits per heavy atom. The highest BCUT2D eigenvalue weighted by atomic mass is 16.5. The molecule has 0 unspecified atom stereocenters. The maximum absolute atomic E-state index is 12.7. The van der Waals surface area contributed by atoms with Crippen LogP contribution in [0.1, 0.15) is 28.8 Å². The molecule has 1 saturated heterocycles. The minimum atomic E-state index is -0.156. The molecular formula is C26H29N3O4. The van der Waals surface area contributed by atoms with Crippen molar-refractivity contribution in [1.82, 2.24) is 9.80 Å². The summed E-state index contributed by atoms with van der Waals surface area (Å²) in [5, 5.41) is 0. The van der Waals surface area contributed by atoms with Crippen molar-refractivity contribution < 1.29 is 19.1 Å². The molecule has 2 aromatic carbocycles. The van der Waals surface area contributed by atoms with Gasteiger partial charge in [0.05, 0.1) is 5.69 Å². The van der Waals surface area contributed by atoms with E-state index in [1.807, 2.05) is 23.1 Å². The Morgan fingerprint density at radius 2 is 1.76 bits per heavy atom. The van der Waals surface area contributed by atoms with Gasteiger partial charge in [-0.2, -0.15) is 0 Å². The van der Waals surface area contributed by atoms with Crippen LogP contribution in [0.3, 0.4) is 0 Å². The smallest absolute Gasteiger partial charge is 0.264 e. The van der Waals surface area contributed by atoms with Crippen molar-refractivity contribution in [2.24, 2.45) is 0 Å². The van der Waals surface area contributed by atoms with Crippen LogP contribution in [0.4, 0.5) is 5.69 Å². The Hall–Kier alpha value is -3.45. The number of ether oxygens (including phenoxy) is 1. The SMILES string of the molecule is CN1C(=O)COc2ccc(C(=O)CCC(=O)N3CCN(C/C=C/c4ccccc4)CC3)cc21. The summed E-state index contributed by atoms with van der Waals surface area (Å²) in [6.45, 7) is 3.86. The van der Waals surface area contributed by atoms with Gasteiger partial charge in [-0.05, 0) is 23.8 Å². The summed E-state index contributed by atoms with van der Waals surface area (Å²) in [5.41, 5.74) is 2.25. The molecule has 0 saturated carbocycles. The van der Waals surface area contributed by atoms with E-state index in [0.29, 0.717) is 30.1 Å². The Morgan fingerprint density at radius 3 is 2.52 bits per heavy atom. The van der Waals surface area contributed by atoms with Crippen LogP contribution >= 0.6 is 0 Å². The molecule has 7 nitrogen and oxygen atoms in total. The summed E-state index contributed by atoms with van der Waals surface area (Å²) in [4.78, 5) is 42.8. The summed E-state index contributed by atoms with van der Waals surface area (Å²) in [6, 6.07) is 15.3. The third-order valence-electron chi connectivity index (χ3n) is 6.13. The Balaban J connectivity index is 1.22. The molecule has 4 rings (SSSR count). The molecule has 2 aliphatic rings. The van der Waals surface area contributed by atoms with E-state index < -0.39 is 0 Å². The first kappa shape index (κ1) is 22.7. The summed E-state index contributed by atoms with van der Waals surface area (Å²) in [5.74, 6) is 0.330. The molecular weight excluding hydrogens is 418 g/mol. The van der Waals surface area contributed by atoms with E-state index in [4.69, 9.17) is 4.74 Å². The molecule has 2 amide bonds. The van der Waals surface area contributed by atoms with Gasteiger partial charge in [-0.15, -0.1) is 0 Å². The fourth-order valence-corrected chi connectivity index (χ4v) is 4.05. The van der Waals surface area contributed by atoms with Gasteiger partial charge in [0.2, 0.25) is 5.91 Å². The van der Waals surface area contributed by atoms with Gasteiger partial charge in [0, 0.05) is 58.2 Å². The van der Waals surface area contributed by atoms with Crippen molar-refractivity contribution in [3.05, 3.63) is 65.7 Å². The van der Waals surface area contributed by atoms with Crippen LogP contribution in [-0.4, -0.2) is 73.8 Å². The highest BCUT2D eigenvalue weighted by Crippen LogP contribution is 2.32. The molecule has 0 N–H and O–H groups in total. The minimum Gasteiger partial charge on any atom is -0.482 e. The highest BCUT2D eigenvalue weighted by molar-refractivity contribution is 6.02. The first-order valence-electron chi connectivity index (χ1n) is 11.3. The number of hydrogen-bond acceptors (Lipinski definition) is 5. The van der Waals surface area contributed by atoms with Gasteiger partial charge in [-0.1, -0.05) is 42.5 Å². The molecule has 0 bridgehead atoms. The van der Waals surface area contributed by atoms with Crippen molar-refractivity contribution in [3.63, 3.8) is 0 Å². The monoisotopic (exact) mass is 447 g/mol. The van der Waals surface area contributed by atoms with Gasteiger partial charge in [0.25, 0.3) is 5.91 Å².